The molecule has 2 amide bonds. The number of hydrogen-bond donors (Lipinski definition) is 1. The SMILES string of the molecule is CCOC(=O)C1C[C@@H](C/C=C/C(=O)O)C(=O)N1C(=O)OC(C)(C)C. The van der Waals surface area contributed by atoms with E-state index in [1.54, 1.807) is 27.7 Å². The molecule has 0 aromatic carbocycles. The first-order valence-corrected chi connectivity index (χ1v) is 7.69. The number of carbonyl (C=O) groups excluding carboxylic acids is 3. The first-order chi connectivity index (χ1) is 11.1. The second-order valence-corrected chi connectivity index (χ2v) is 6.37. The Morgan fingerprint density at radius 1 is 1.33 bits per heavy atom. The smallest absolute Gasteiger partial charge is 0.417 e. The van der Waals surface area contributed by atoms with Gasteiger partial charge in [0.15, 0.2) is 0 Å². The molecule has 0 saturated carbocycles. The summed E-state index contributed by atoms with van der Waals surface area (Å²) in [6.07, 6.45) is 1.52. The van der Waals surface area contributed by atoms with E-state index in [1.807, 2.05) is 0 Å². The second-order valence-electron chi connectivity index (χ2n) is 6.37. The fourth-order valence-electron chi connectivity index (χ4n) is 2.32. The molecule has 1 rings (SSSR count). The van der Waals surface area contributed by atoms with E-state index in [0.717, 1.165) is 11.0 Å². The summed E-state index contributed by atoms with van der Waals surface area (Å²) in [6.45, 7) is 6.70. The van der Waals surface area contributed by atoms with Crippen LogP contribution in [-0.2, 0) is 23.9 Å². The third kappa shape index (κ3) is 5.36. The number of esters is 1. The van der Waals surface area contributed by atoms with E-state index in [2.05, 4.69) is 0 Å². The number of rotatable bonds is 5. The van der Waals surface area contributed by atoms with Gasteiger partial charge in [-0.2, -0.15) is 0 Å². The standard InChI is InChI=1S/C16H23NO7/c1-5-23-14(21)11-9-10(7-6-8-12(18)19)13(20)17(11)15(22)24-16(2,3)4/h6,8,10-11H,5,7,9H2,1-4H3,(H,18,19)/b8-6+/t10-,11?/m1/s1. The molecule has 1 fully saturated rings. The Labute approximate surface area is 140 Å². The fourth-order valence-corrected chi connectivity index (χ4v) is 2.32. The summed E-state index contributed by atoms with van der Waals surface area (Å²) in [5.74, 6) is -3.06. The lowest BCUT2D eigenvalue weighted by Crippen LogP contribution is -2.46. The molecule has 0 radical (unpaired) electrons. The molecule has 8 heteroatoms. The molecule has 1 saturated heterocycles. The summed E-state index contributed by atoms with van der Waals surface area (Å²) in [5.41, 5.74) is -0.822. The Morgan fingerprint density at radius 3 is 2.46 bits per heavy atom. The van der Waals surface area contributed by atoms with E-state index in [4.69, 9.17) is 14.6 Å². The average molecular weight is 341 g/mol. The zero-order valence-electron chi connectivity index (χ0n) is 14.3. The van der Waals surface area contributed by atoms with Crippen molar-refractivity contribution in [2.45, 2.75) is 52.2 Å². The highest BCUT2D eigenvalue weighted by Crippen LogP contribution is 2.30. The van der Waals surface area contributed by atoms with Crippen molar-refractivity contribution in [1.29, 1.82) is 0 Å². The van der Waals surface area contributed by atoms with Gasteiger partial charge in [0, 0.05) is 12.0 Å². The van der Waals surface area contributed by atoms with Gasteiger partial charge in [-0.25, -0.2) is 19.3 Å². The van der Waals surface area contributed by atoms with Gasteiger partial charge < -0.3 is 14.6 Å². The lowest BCUT2D eigenvalue weighted by molar-refractivity contribution is -0.151. The van der Waals surface area contributed by atoms with Gasteiger partial charge in [-0.15, -0.1) is 0 Å². The monoisotopic (exact) mass is 341 g/mol. The summed E-state index contributed by atoms with van der Waals surface area (Å²) >= 11 is 0. The summed E-state index contributed by atoms with van der Waals surface area (Å²) in [4.78, 5) is 48.1. The van der Waals surface area contributed by atoms with Gasteiger partial charge >= 0.3 is 18.0 Å². The highest BCUT2D eigenvalue weighted by molar-refractivity contribution is 6.00. The zero-order valence-corrected chi connectivity index (χ0v) is 14.3. The van der Waals surface area contributed by atoms with Crippen LogP contribution in [0.3, 0.4) is 0 Å². The Kier molecular flexibility index (Phi) is 6.51. The minimum absolute atomic E-state index is 0.0703. The number of carboxylic acid groups (broad SMARTS) is 1. The summed E-state index contributed by atoms with van der Waals surface area (Å²) < 4.78 is 10.1. The normalized spacial score (nSPS) is 21.2. The molecule has 0 bridgehead atoms. The number of carbonyl (C=O) groups is 4. The number of imide groups is 1. The van der Waals surface area contributed by atoms with Crippen molar-refractivity contribution < 1.29 is 33.8 Å². The Bertz CT molecular complexity index is 547. The highest BCUT2D eigenvalue weighted by atomic mass is 16.6. The Balaban J connectivity index is 2.97. The van der Waals surface area contributed by atoms with Crippen LogP contribution in [0.1, 0.15) is 40.5 Å². The molecule has 134 valence electrons. The van der Waals surface area contributed by atoms with Gasteiger partial charge in [-0.1, -0.05) is 6.08 Å². The van der Waals surface area contributed by atoms with Crippen molar-refractivity contribution in [3.8, 4) is 0 Å². The van der Waals surface area contributed by atoms with Gasteiger partial charge in [-0.3, -0.25) is 4.79 Å². The topological polar surface area (TPSA) is 110 Å². The third-order valence-corrected chi connectivity index (χ3v) is 3.24. The molecular formula is C16H23NO7. The van der Waals surface area contributed by atoms with Crippen LogP contribution in [0.5, 0.6) is 0 Å². The molecule has 1 aliphatic rings. The second kappa shape index (κ2) is 7.94. The Morgan fingerprint density at radius 2 is 1.96 bits per heavy atom. The van der Waals surface area contributed by atoms with Crippen LogP contribution in [0.25, 0.3) is 0 Å². The van der Waals surface area contributed by atoms with Crippen molar-refractivity contribution in [2.75, 3.05) is 6.61 Å². The maximum absolute atomic E-state index is 12.5. The molecule has 0 spiro atoms. The van der Waals surface area contributed by atoms with E-state index >= 15 is 0 Å². The molecular weight excluding hydrogens is 318 g/mol. The van der Waals surface area contributed by atoms with Gasteiger partial charge in [0.25, 0.3) is 0 Å². The van der Waals surface area contributed by atoms with Crippen molar-refractivity contribution >= 4 is 23.9 Å². The third-order valence-electron chi connectivity index (χ3n) is 3.24. The lowest BCUT2D eigenvalue weighted by Gasteiger charge is -2.26. The molecule has 8 nitrogen and oxygen atoms in total. The molecule has 1 N–H and O–H groups in total. The van der Waals surface area contributed by atoms with E-state index in [1.165, 1.54) is 6.08 Å². The van der Waals surface area contributed by atoms with Crippen molar-refractivity contribution in [1.82, 2.24) is 4.90 Å². The first kappa shape index (κ1) is 19.7. The number of hydrogen-bond acceptors (Lipinski definition) is 6. The summed E-state index contributed by atoms with van der Waals surface area (Å²) in [7, 11) is 0. The maximum Gasteiger partial charge on any atom is 0.417 e. The number of aliphatic carboxylic acids is 1. The largest absolute Gasteiger partial charge is 0.478 e. The molecule has 2 atom stereocenters. The van der Waals surface area contributed by atoms with E-state index in [0.29, 0.717) is 0 Å². The van der Waals surface area contributed by atoms with E-state index < -0.39 is 41.5 Å². The number of nitrogens with zero attached hydrogens (tertiary/aromatic N) is 1. The van der Waals surface area contributed by atoms with E-state index in [-0.39, 0.29) is 19.4 Å². The van der Waals surface area contributed by atoms with Crippen LogP contribution in [-0.4, -0.2) is 52.2 Å². The van der Waals surface area contributed by atoms with Crippen molar-refractivity contribution in [3.05, 3.63) is 12.2 Å². The molecule has 0 aromatic heterocycles. The van der Waals surface area contributed by atoms with Crippen LogP contribution >= 0.6 is 0 Å². The fraction of sp³-hybridized carbons (Fsp3) is 0.625. The van der Waals surface area contributed by atoms with Crippen LogP contribution in [0, 0.1) is 5.92 Å². The molecule has 0 aliphatic carbocycles. The van der Waals surface area contributed by atoms with Gasteiger partial charge in [0.1, 0.15) is 11.6 Å². The van der Waals surface area contributed by atoms with Crippen molar-refractivity contribution in [2.24, 2.45) is 5.92 Å². The van der Waals surface area contributed by atoms with Crippen LogP contribution < -0.4 is 0 Å². The highest BCUT2D eigenvalue weighted by Gasteiger charge is 2.48. The Hall–Kier alpha value is -2.38. The lowest BCUT2D eigenvalue weighted by atomic mass is 10.0. The zero-order chi connectivity index (χ0) is 18.5. The van der Waals surface area contributed by atoms with Gasteiger partial charge in [-0.05, 0) is 40.5 Å². The number of likely N-dealkylation sites (tertiary alicyclic amines) is 1. The maximum atomic E-state index is 12.5. The molecule has 24 heavy (non-hydrogen) atoms. The number of carboxylic acids is 1. The summed E-state index contributed by atoms with van der Waals surface area (Å²) in [5, 5.41) is 8.60. The number of ether oxygens (including phenoxy) is 2. The summed E-state index contributed by atoms with van der Waals surface area (Å²) in [6, 6.07) is -1.06. The molecule has 0 aromatic rings. The molecule has 1 unspecified atom stereocenters. The number of amides is 2. The van der Waals surface area contributed by atoms with Crippen LogP contribution in [0.2, 0.25) is 0 Å². The minimum atomic E-state index is -1.13. The molecule has 1 aliphatic heterocycles. The molecule has 1 heterocycles. The average Bonchev–Trinajstić information content (AvgIpc) is 2.74. The quantitative estimate of drug-likeness (QED) is 0.599. The van der Waals surface area contributed by atoms with Crippen molar-refractivity contribution in [3.63, 3.8) is 0 Å². The predicted octanol–water partition coefficient (Wildman–Crippen LogP) is 1.73. The minimum Gasteiger partial charge on any atom is -0.478 e. The van der Waals surface area contributed by atoms with Gasteiger partial charge in [0.2, 0.25) is 5.91 Å². The van der Waals surface area contributed by atoms with E-state index in [9.17, 15) is 19.2 Å². The predicted molar refractivity (Wildman–Crippen MR) is 83.0 cm³/mol. The number of allylic oxidation sites excluding steroid dienone is 1. The van der Waals surface area contributed by atoms with Gasteiger partial charge in [0.05, 0.1) is 6.61 Å². The first-order valence-electron chi connectivity index (χ1n) is 7.69. The van der Waals surface area contributed by atoms with Crippen LogP contribution in [0.4, 0.5) is 4.79 Å². The van der Waals surface area contributed by atoms with Crippen LogP contribution in [0.15, 0.2) is 12.2 Å².